The normalized spacial score (nSPS) is 19.1. The summed E-state index contributed by atoms with van der Waals surface area (Å²) in [7, 11) is 0. The van der Waals surface area contributed by atoms with Crippen molar-refractivity contribution in [1.29, 1.82) is 0 Å². The van der Waals surface area contributed by atoms with Crippen LogP contribution in [-0.4, -0.2) is 22.2 Å². The van der Waals surface area contributed by atoms with E-state index in [0.717, 1.165) is 25.7 Å². The topological polar surface area (TPSA) is 74.6 Å². The van der Waals surface area contributed by atoms with E-state index in [4.69, 9.17) is 0 Å². The lowest BCUT2D eigenvalue weighted by molar-refractivity contribution is -0.164. The maximum atomic E-state index is 11.6. The van der Waals surface area contributed by atoms with E-state index in [0.29, 0.717) is 25.2 Å². The lowest BCUT2D eigenvalue weighted by Gasteiger charge is -2.36. The van der Waals surface area contributed by atoms with Crippen LogP contribution in [0, 0.1) is 17.3 Å². The van der Waals surface area contributed by atoms with Gasteiger partial charge in [0.05, 0.1) is 11.3 Å². The molecule has 1 saturated carbocycles. The molecule has 0 radical (unpaired) electrons. The van der Waals surface area contributed by atoms with Crippen molar-refractivity contribution in [3.8, 4) is 0 Å². The molecule has 1 unspecified atom stereocenters. The Morgan fingerprint density at radius 2 is 1.63 bits per heavy atom. The summed E-state index contributed by atoms with van der Waals surface area (Å²) in [6.45, 7) is 3.57. The second-order valence-corrected chi connectivity index (χ2v) is 5.80. The summed E-state index contributed by atoms with van der Waals surface area (Å²) in [5.41, 5.74) is -1.11. The zero-order valence-electron chi connectivity index (χ0n) is 12.0. The van der Waals surface area contributed by atoms with Gasteiger partial charge >= 0.3 is 11.9 Å². The lowest BCUT2D eigenvalue weighted by atomic mass is 9.66. The van der Waals surface area contributed by atoms with Crippen molar-refractivity contribution in [2.24, 2.45) is 17.3 Å². The molecule has 0 aromatic rings. The van der Waals surface area contributed by atoms with Crippen LogP contribution in [-0.2, 0) is 9.59 Å². The fourth-order valence-electron chi connectivity index (χ4n) is 3.51. The average molecular weight is 270 g/mol. The Bertz CT molecular complexity index is 314. The molecule has 0 saturated heterocycles. The highest BCUT2D eigenvalue weighted by molar-refractivity contribution is 5.83. The Kier molecular flexibility index (Phi) is 5.83. The molecule has 0 spiro atoms. The molecule has 0 bridgehead atoms. The first kappa shape index (κ1) is 16.0. The summed E-state index contributed by atoms with van der Waals surface area (Å²) < 4.78 is 0. The van der Waals surface area contributed by atoms with E-state index in [2.05, 4.69) is 0 Å². The maximum Gasteiger partial charge on any atom is 0.310 e. The van der Waals surface area contributed by atoms with Gasteiger partial charge < -0.3 is 10.2 Å². The van der Waals surface area contributed by atoms with Crippen LogP contribution >= 0.6 is 0 Å². The van der Waals surface area contributed by atoms with Crippen molar-refractivity contribution in [1.82, 2.24) is 0 Å². The Balaban J connectivity index is 2.90. The molecule has 2 N–H and O–H groups in total. The van der Waals surface area contributed by atoms with Crippen LogP contribution in [0.5, 0.6) is 0 Å². The van der Waals surface area contributed by atoms with Crippen LogP contribution in [0.2, 0.25) is 0 Å². The van der Waals surface area contributed by atoms with Gasteiger partial charge in [-0.25, -0.2) is 0 Å². The molecular formula is C15H26O4. The third-order valence-corrected chi connectivity index (χ3v) is 4.95. The van der Waals surface area contributed by atoms with Gasteiger partial charge in [-0.15, -0.1) is 0 Å². The first-order valence-electron chi connectivity index (χ1n) is 7.44. The zero-order chi connectivity index (χ0) is 14.5. The van der Waals surface area contributed by atoms with Crippen LogP contribution in [0.15, 0.2) is 0 Å². The molecule has 1 rings (SSSR count). The predicted molar refractivity (Wildman–Crippen MR) is 73.0 cm³/mol. The highest BCUT2D eigenvalue weighted by Gasteiger charge is 2.47. The van der Waals surface area contributed by atoms with Crippen LogP contribution in [0.3, 0.4) is 0 Å². The molecule has 0 amide bonds. The molecular weight excluding hydrogens is 244 g/mol. The van der Waals surface area contributed by atoms with Gasteiger partial charge in [-0.2, -0.15) is 0 Å². The van der Waals surface area contributed by atoms with Crippen LogP contribution < -0.4 is 0 Å². The van der Waals surface area contributed by atoms with Gasteiger partial charge in [0.1, 0.15) is 0 Å². The Morgan fingerprint density at radius 1 is 1.11 bits per heavy atom. The first-order valence-corrected chi connectivity index (χ1v) is 7.44. The SMILES string of the molecule is CCC(CC)(C(=O)O)C(CC1CCCCC1)C(=O)O. The monoisotopic (exact) mass is 270 g/mol. The molecule has 110 valence electrons. The number of carbonyl (C=O) groups is 2. The van der Waals surface area contributed by atoms with E-state index in [1.54, 1.807) is 13.8 Å². The molecule has 0 aromatic carbocycles. The van der Waals surface area contributed by atoms with Crippen molar-refractivity contribution < 1.29 is 19.8 Å². The average Bonchev–Trinajstić information content (AvgIpc) is 2.40. The van der Waals surface area contributed by atoms with Crippen molar-refractivity contribution in [3.05, 3.63) is 0 Å². The molecule has 1 fully saturated rings. The molecule has 4 nitrogen and oxygen atoms in total. The van der Waals surface area contributed by atoms with Crippen molar-refractivity contribution in [2.75, 3.05) is 0 Å². The summed E-state index contributed by atoms with van der Waals surface area (Å²) in [5, 5.41) is 19.0. The Labute approximate surface area is 115 Å². The number of carboxylic acids is 2. The predicted octanol–water partition coefficient (Wildman–Crippen LogP) is 3.55. The van der Waals surface area contributed by atoms with Gasteiger partial charge in [0.15, 0.2) is 0 Å². The zero-order valence-corrected chi connectivity index (χ0v) is 12.0. The minimum atomic E-state index is -1.11. The number of carboxylic acid groups (broad SMARTS) is 2. The number of hydrogen-bond acceptors (Lipinski definition) is 2. The molecule has 19 heavy (non-hydrogen) atoms. The Hall–Kier alpha value is -1.06. The summed E-state index contributed by atoms with van der Waals surface area (Å²) >= 11 is 0. The summed E-state index contributed by atoms with van der Waals surface area (Å²) in [4.78, 5) is 23.2. The quantitative estimate of drug-likeness (QED) is 0.742. The van der Waals surface area contributed by atoms with Crippen LogP contribution in [0.25, 0.3) is 0 Å². The highest BCUT2D eigenvalue weighted by atomic mass is 16.4. The van der Waals surface area contributed by atoms with Gasteiger partial charge in [0.2, 0.25) is 0 Å². The van der Waals surface area contributed by atoms with E-state index in [1.807, 2.05) is 0 Å². The molecule has 4 heteroatoms. The molecule has 1 aliphatic carbocycles. The number of hydrogen-bond donors (Lipinski definition) is 2. The molecule has 0 aliphatic heterocycles. The van der Waals surface area contributed by atoms with Crippen molar-refractivity contribution in [3.63, 3.8) is 0 Å². The molecule has 1 atom stereocenters. The van der Waals surface area contributed by atoms with E-state index in [9.17, 15) is 19.8 Å². The minimum absolute atomic E-state index is 0.377. The van der Waals surface area contributed by atoms with Gasteiger partial charge in [-0.05, 0) is 25.2 Å². The van der Waals surface area contributed by atoms with E-state index >= 15 is 0 Å². The second kappa shape index (κ2) is 6.92. The highest BCUT2D eigenvalue weighted by Crippen LogP contribution is 2.42. The third-order valence-electron chi connectivity index (χ3n) is 4.95. The van der Waals surface area contributed by atoms with Gasteiger partial charge in [0, 0.05) is 0 Å². The fraction of sp³-hybridized carbons (Fsp3) is 0.867. The maximum absolute atomic E-state index is 11.6. The first-order chi connectivity index (χ1) is 8.97. The molecule has 0 aromatic heterocycles. The van der Waals surface area contributed by atoms with Gasteiger partial charge in [-0.1, -0.05) is 46.0 Å². The van der Waals surface area contributed by atoms with E-state index in [1.165, 1.54) is 6.42 Å². The summed E-state index contributed by atoms with van der Waals surface area (Å²) in [6, 6.07) is 0. The smallest absolute Gasteiger partial charge is 0.310 e. The van der Waals surface area contributed by atoms with Gasteiger partial charge in [0.25, 0.3) is 0 Å². The standard InChI is InChI=1S/C15H26O4/c1-3-15(4-2,14(18)19)12(13(16)17)10-11-8-6-5-7-9-11/h11-12H,3-10H2,1-2H3,(H,16,17)(H,18,19). The van der Waals surface area contributed by atoms with Gasteiger partial charge in [-0.3, -0.25) is 9.59 Å². The fourth-order valence-corrected chi connectivity index (χ4v) is 3.51. The minimum Gasteiger partial charge on any atom is -0.481 e. The van der Waals surface area contributed by atoms with E-state index in [-0.39, 0.29) is 0 Å². The van der Waals surface area contributed by atoms with Crippen molar-refractivity contribution >= 4 is 11.9 Å². The molecule has 1 aliphatic rings. The van der Waals surface area contributed by atoms with Crippen molar-refractivity contribution in [2.45, 2.75) is 65.2 Å². The third kappa shape index (κ3) is 3.48. The lowest BCUT2D eigenvalue weighted by Crippen LogP contribution is -2.43. The molecule has 0 heterocycles. The summed E-state index contributed by atoms with van der Waals surface area (Å²) in [5.74, 6) is -2.29. The number of rotatable bonds is 7. The summed E-state index contributed by atoms with van der Waals surface area (Å²) in [6.07, 6.45) is 6.89. The Morgan fingerprint density at radius 3 is 2.00 bits per heavy atom. The second-order valence-electron chi connectivity index (χ2n) is 5.80. The van der Waals surface area contributed by atoms with Crippen LogP contribution in [0.1, 0.15) is 65.2 Å². The van der Waals surface area contributed by atoms with Crippen LogP contribution in [0.4, 0.5) is 0 Å². The number of aliphatic carboxylic acids is 2. The largest absolute Gasteiger partial charge is 0.481 e. The van der Waals surface area contributed by atoms with E-state index < -0.39 is 23.3 Å².